The Morgan fingerprint density at radius 2 is 1.85 bits per heavy atom. The van der Waals surface area contributed by atoms with E-state index in [1.165, 1.54) is 32.5 Å². The molecule has 1 aromatic heterocycles. The minimum Gasteiger partial charge on any atom is -0.507 e. The minimum absolute atomic E-state index is 0.0125. The summed E-state index contributed by atoms with van der Waals surface area (Å²) in [4.78, 5) is 36.5. The number of ketones is 2. The third-order valence-corrected chi connectivity index (χ3v) is 9.58. The number of phenolic OH excluding ortho intramolecular Hbond substituents is 1. The molecule has 1 fully saturated rings. The van der Waals surface area contributed by atoms with Gasteiger partial charge in [-0.2, -0.15) is 0 Å². The fourth-order valence-electron chi connectivity index (χ4n) is 6.89. The number of rotatable bonds is 12. The van der Waals surface area contributed by atoms with Crippen LogP contribution in [-0.4, -0.2) is 116 Å². The molecule has 2 aliphatic rings. The van der Waals surface area contributed by atoms with Gasteiger partial charge in [-0.25, -0.2) is 4.98 Å². The van der Waals surface area contributed by atoms with Crippen LogP contribution in [0.4, 0.5) is 5.82 Å². The molecule has 2 heterocycles. The number of ether oxygens (including phenoxy) is 3. The van der Waals surface area contributed by atoms with Crippen molar-refractivity contribution in [1.29, 1.82) is 0 Å². The van der Waals surface area contributed by atoms with E-state index in [2.05, 4.69) is 15.3 Å². The summed E-state index contributed by atoms with van der Waals surface area (Å²) >= 11 is 0. The molecule has 5 rings (SSSR count). The zero-order chi connectivity index (χ0) is 38.1. The molecule has 1 aliphatic heterocycles. The number of carbonyl (C=O) groups is 2. The number of aromatic nitrogens is 1. The van der Waals surface area contributed by atoms with Crippen LogP contribution in [0.15, 0.2) is 35.5 Å². The number of hydrogen-bond acceptors (Lipinski definition) is 15. The van der Waals surface area contributed by atoms with Crippen molar-refractivity contribution in [3.05, 3.63) is 75.0 Å². The Bertz CT molecular complexity index is 1880. The summed E-state index contributed by atoms with van der Waals surface area (Å²) in [7, 11) is 2.68. The number of pyridine rings is 1. The number of aryl methyl sites for hydroxylation is 2. The molecule has 280 valence electrons. The SMILES string of the molecule is CN=C(N)NC(CCO)c1c(C)cc2c(c1O)C(=O)c1c(OC3OC(CO)C(O)(CCc4ccnc(N)c4)C(O)C3O)cc(OC)c(CO)c1C2=O. The molecule has 0 spiro atoms. The fourth-order valence-corrected chi connectivity index (χ4v) is 6.89. The number of nitrogens with zero attached hydrogens (tertiary/aromatic N) is 2. The molecule has 6 unspecified atom stereocenters. The van der Waals surface area contributed by atoms with Crippen LogP contribution in [0.5, 0.6) is 17.2 Å². The number of aromatic hydroxyl groups is 1. The number of aliphatic hydroxyl groups excluding tert-OH is 5. The summed E-state index contributed by atoms with van der Waals surface area (Å²) < 4.78 is 17.2. The van der Waals surface area contributed by atoms with E-state index in [0.717, 1.165) is 0 Å². The molecule has 17 nitrogen and oxygen atoms in total. The lowest BCUT2D eigenvalue weighted by Crippen LogP contribution is -2.68. The maximum atomic E-state index is 14.5. The maximum absolute atomic E-state index is 14.5. The Morgan fingerprint density at radius 1 is 1.12 bits per heavy atom. The molecule has 1 saturated heterocycles. The molecule has 2 aromatic carbocycles. The van der Waals surface area contributed by atoms with E-state index in [4.69, 9.17) is 25.7 Å². The number of hydrogen-bond donors (Lipinski definition) is 10. The first-order chi connectivity index (χ1) is 24.8. The van der Waals surface area contributed by atoms with Crippen LogP contribution in [0.2, 0.25) is 0 Å². The van der Waals surface area contributed by atoms with Gasteiger partial charge in [0, 0.05) is 48.2 Å². The number of nitrogens with one attached hydrogen (secondary N) is 1. The molecule has 17 heteroatoms. The third-order valence-electron chi connectivity index (χ3n) is 9.58. The monoisotopic (exact) mass is 725 g/mol. The fraction of sp³-hybridized carbons (Fsp3) is 0.429. The van der Waals surface area contributed by atoms with Gasteiger partial charge in [0.2, 0.25) is 12.1 Å². The van der Waals surface area contributed by atoms with Gasteiger partial charge < -0.3 is 66.7 Å². The quantitative estimate of drug-likeness (QED) is 0.0625. The predicted molar refractivity (Wildman–Crippen MR) is 184 cm³/mol. The van der Waals surface area contributed by atoms with E-state index in [0.29, 0.717) is 11.1 Å². The van der Waals surface area contributed by atoms with Crippen LogP contribution in [0.3, 0.4) is 0 Å². The van der Waals surface area contributed by atoms with Crippen molar-refractivity contribution in [3.63, 3.8) is 0 Å². The van der Waals surface area contributed by atoms with E-state index in [9.17, 15) is 45.3 Å². The zero-order valence-corrected chi connectivity index (χ0v) is 28.7. The number of aliphatic imine (C=N–C) groups is 1. The van der Waals surface area contributed by atoms with Crippen molar-refractivity contribution in [2.75, 3.05) is 33.1 Å². The largest absolute Gasteiger partial charge is 0.507 e. The number of fused-ring (bicyclic) bond motifs is 2. The van der Waals surface area contributed by atoms with Crippen molar-refractivity contribution >= 4 is 23.3 Å². The Hall–Kier alpha value is -4.88. The first-order valence-electron chi connectivity index (χ1n) is 16.4. The number of aliphatic hydroxyl groups is 6. The van der Waals surface area contributed by atoms with Crippen LogP contribution in [-0.2, 0) is 17.8 Å². The van der Waals surface area contributed by atoms with Crippen molar-refractivity contribution in [3.8, 4) is 17.2 Å². The number of nitrogen functional groups attached to an aromatic ring is 1. The van der Waals surface area contributed by atoms with Crippen molar-refractivity contribution in [2.24, 2.45) is 10.7 Å². The normalized spacial score (nSPS) is 23.5. The van der Waals surface area contributed by atoms with Crippen LogP contribution in [0.1, 0.15) is 73.0 Å². The number of benzene rings is 2. The summed E-state index contributed by atoms with van der Waals surface area (Å²) in [5, 5.41) is 78.9. The van der Waals surface area contributed by atoms with Gasteiger partial charge in [-0.3, -0.25) is 14.6 Å². The summed E-state index contributed by atoms with van der Waals surface area (Å²) in [6, 6.07) is 4.96. The molecule has 0 amide bonds. The molecular weight excluding hydrogens is 682 g/mol. The number of guanidine groups is 1. The molecule has 0 bridgehead atoms. The summed E-state index contributed by atoms with van der Waals surface area (Å²) in [5.74, 6) is -2.50. The molecule has 0 radical (unpaired) electrons. The van der Waals surface area contributed by atoms with Gasteiger partial charge >= 0.3 is 0 Å². The maximum Gasteiger partial charge on any atom is 0.229 e. The van der Waals surface area contributed by atoms with Crippen molar-refractivity contribution < 1.29 is 59.5 Å². The number of methoxy groups -OCH3 is 1. The van der Waals surface area contributed by atoms with Gasteiger partial charge in [-0.05, 0) is 55.5 Å². The van der Waals surface area contributed by atoms with Gasteiger partial charge in [0.1, 0.15) is 47.0 Å². The highest BCUT2D eigenvalue weighted by atomic mass is 16.7. The Morgan fingerprint density at radius 3 is 2.46 bits per heavy atom. The standard InChI is InChI=1S/C35H43N5O12/c1-15-10-17-26(29(45)24(15)19(6-9-41)40-34(37)38-2)30(46)27-21(12-20(50-3)18(13-42)25(27)28(17)44)51-33-31(47)32(48)35(49,22(14-43)52-33)7-4-16-5-8-39-23(36)11-16/h5,8,10-12,19,22,31-33,41-43,45,47-49H,4,6-7,9,13-14H2,1-3H3,(H2,36,39)(H3,37,38,40). The second kappa shape index (κ2) is 15.4. The molecule has 6 atom stereocenters. The lowest BCUT2D eigenvalue weighted by atomic mass is 9.78. The Balaban J connectivity index is 1.57. The zero-order valence-electron chi connectivity index (χ0n) is 28.7. The van der Waals surface area contributed by atoms with Crippen LogP contribution < -0.4 is 26.3 Å². The van der Waals surface area contributed by atoms with Crippen LogP contribution >= 0.6 is 0 Å². The van der Waals surface area contributed by atoms with Gasteiger partial charge in [0.15, 0.2) is 11.7 Å². The lowest BCUT2D eigenvalue weighted by Gasteiger charge is -2.48. The highest BCUT2D eigenvalue weighted by Gasteiger charge is 2.55. The molecule has 12 N–H and O–H groups in total. The average molecular weight is 726 g/mol. The summed E-state index contributed by atoms with van der Waals surface area (Å²) in [6.07, 6.45) is -5.76. The number of nitrogens with two attached hydrogens (primary N) is 2. The van der Waals surface area contributed by atoms with Gasteiger partial charge in [-0.1, -0.05) is 0 Å². The molecular formula is C35H43N5O12. The minimum atomic E-state index is -2.18. The smallest absolute Gasteiger partial charge is 0.229 e. The number of phenols is 1. The van der Waals surface area contributed by atoms with E-state index >= 15 is 0 Å². The molecule has 0 saturated carbocycles. The second-order valence-corrected chi connectivity index (χ2v) is 12.6. The van der Waals surface area contributed by atoms with Crippen molar-refractivity contribution in [1.82, 2.24) is 10.3 Å². The number of carbonyl (C=O) groups excluding carboxylic acids is 2. The highest BCUT2D eigenvalue weighted by molar-refractivity contribution is 6.31. The first-order valence-corrected chi connectivity index (χ1v) is 16.4. The van der Waals surface area contributed by atoms with E-state index < -0.39 is 83.7 Å². The van der Waals surface area contributed by atoms with Gasteiger partial charge in [-0.15, -0.1) is 0 Å². The molecule has 52 heavy (non-hydrogen) atoms. The van der Waals surface area contributed by atoms with E-state index in [1.54, 1.807) is 19.1 Å². The Kier molecular flexibility index (Phi) is 11.3. The van der Waals surface area contributed by atoms with Crippen molar-refractivity contribution in [2.45, 2.75) is 69.0 Å². The predicted octanol–water partition coefficient (Wildman–Crippen LogP) is -0.907. The second-order valence-electron chi connectivity index (χ2n) is 12.6. The average Bonchev–Trinajstić information content (AvgIpc) is 3.12. The highest BCUT2D eigenvalue weighted by Crippen LogP contribution is 2.46. The Labute approximate surface area is 298 Å². The lowest BCUT2D eigenvalue weighted by molar-refractivity contribution is -0.314. The number of anilines is 1. The van der Waals surface area contributed by atoms with Gasteiger partial charge in [0.05, 0.1) is 37.5 Å². The first kappa shape index (κ1) is 38.4. The van der Waals surface area contributed by atoms with E-state index in [1.807, 2.05) is 0 Å². The van der Waals surface area contributed by atoms with Crippen LogP contribution in [0, 0.1) is 6.92 Å². The molecule has 1 aliphatic carbocycles. The topological polar surface area (TPSA) is 293 Å². The summed E-state index contributed by atoms with van der Waals surface area (Å²) in [6.45, 7) is -0.304. The summed E-state index contributed by atoms with van der Waals surface area (Å²) in [5.41, 5.74) is 9.28. The van der Waals surface area contributed by atoms with Gasteiger partial charge in [0.25, 0.3) is 0 Å². The van der Waals surface area contributed by atoms with E-state index in [-0.39, 0.29) is 65.7 Å². The third kappa shape index (κ3) is 6.74. The van der Waals surface area contributed by atoms with Crippen LogP contribution in [0.25, 0.3) is 0 Å². The molecule has 3 aromatic rings.